The SMILES string of the molecule is C=C1CN2CCCCC2(CO[C@@H](C)I)C1. The van der Waals surface area contributed by atoms with Crippen LogP contribution in [0.15, 0.2) is 12.2 Å². The highest BCUT2D eigenvalue weighted by molar-refractivity contribution is 14.1. The van der Waals surface area contributed by atoms with Gasteiger partial charge in [0.1, 0.15) is 4.11 Å². The van der Waals surface area contributed by atoms with E-state index < -0.39 is 0 Å². The highest BCUT2D eigenvalue weighted by Crippen LogP contribution is 2.39. The first-order valence-electron chi connectivity index (χ1n) is 5.80. The molecule has 2 aliphatic heterocycles. The Morgan fingerprint density at radius 2 is 2.40 bits per heavy atom. The van der Waals surface area contributed by atoms with Crippen molar-refractivity contribution in [3.05, 3.63) is 12.2 Å². The van der Waals surface area contributed by atoms with Crippen LogP contribution >= 0.6 is 22.6 Å². The summed E-state index contributed by atoms with van der Waals surface area (Å²) < 4.78 is 6.15. The molecule has 86 valence electrons. The number of hydrogen-bond acceptors (Lipinski definition) is 2. The average Bonchev–Trinajstić information content (AvgIpc) is 2.51. The lowest BCUT2D eigenvalue weighted by atomic mass is 9.86. The van der Waals surface area contributed by atoms with E-state index in [2.05, 4.69) is 41.0 Å². The van der Waals surface area contributed by atoms with Crippen LogP contribution in [0.4, 0.5) is 0 Å². The van der Waals surface area contributed by atoms with Crippen LogP contribution in [0.3, 0.4) is 0 Å². The van der Waals surface area contributed by atoms with Gasteiger partial charge in [-0.15, -0.1) is 0 Å². The van der Waals surface area contributed by atoms with Gasteiger partial charge in [-0.2, -0.15) is 0 Å². The van der Waals surface area contributed by atoms with E-state index in [9.17, 15) is 0 Å². The van der Waals surface area contributed by atoms with Gasteiger partial charge in [-0.05, 0) is 32.7 Å². The van der Waals surface area contributed by atoms with Crippen molar-refractivity contribution in [1.29, 1.82) is 0 Å². The molecule has 0 aromatic carbocycles. The molecule has 2 heterocycles. The van der Waals surface area contributed by atoms with E-state index in [0.29, 0.717) is 9.65 Å². The number of ether oxygens (including phenoxy) is 1. The zero-order valence-corrected chi connectivity index (χ0v) is 11.6. The lowest BCUT2D eigenvalue weighted by molar-refractivity contribution is -0.00793. The van der Waals surface area contributed by atoms with Crippen molar-refractivity contribution in [2.75, 3.05) is 19.7 Å². The van der Waals surface area contributed by atoms with Crippen molar-refractivity contribution in [3.8, 4) is 0 Å². The number of fused-ring (bicyclic) bond motifs is 1. The molecule has 2 fully saturated rings. The topological polar surface area (TPSA) is 12.5 Å². The highest BCUT2D eigenvalue weighted by Gasteiger charge is 2.44. The number of piperidine rings is 1. The summed E-state index contributed by atoms with van der Waals surface area (Å²) >= 11 is 2.33. The summed E-state index contributed by atoms with van der Waals surface area (Å²) in [4.78, 5) is 2.60. The van der Waals surface area contributed by atoms with E-state index in [0.717, 1.165) is 19.6 Å². The fraction of sp³-hybridized carbons (Fsp3) is 0.833. The number of rotatable bonds is 3. The third-order valence-corrected chi connectivity index (χ3v) is 3.93. The fourth-order valence-electron chi connectivity index (χ4n) is 2.87. The summed E-state index contributed by atoms with van der Waals surface area (Å²) in [5.74, 6) is 0. The molecule has 0 radical (unpaired) electrons. The molecule has 3 heteroatoms. The lowest BCUT2D eigenvalue weighted by Gasteiger charge is -2.42. The van der Waals surface area contributed by atoms with E-state index in [-0.39, 0.29) is 0 Å². The zero-order chi connectivity index (χ0) is 10.9. The normalized spacial score (nSPS) is 34.1. The van der Waals surface area contributed by atoms with Crippen molar-refractivity contribution in [1.82, 2.24) is 4.90 Å². The molecule has 2 rings (SSSR count). The minimum absolute atomic E-state index is 0.300. The summed E-state index contributed by atoms with van der Waals surface area (Å²) in [5.41, 5.74) is 1.69. The molecule has 0 N–H and O–H groups in total. The van der Waals surface area contributed by atoms with Crippen molar-refractivity contribution < 1.29 is 4.74 Å². The molecular formula is C12H20INO. The highest BCUT2D eigenvalue weighted by atomic mass is 127. The van der Waals surface area contributed by atoms with Crippen molar-refractivity contribution in [2.45, 2.75) is 42.3 Å². The Hall–Kier alpha value is 0.390. The van der Waals surface area contributed by atoms with E-state index >= 15 is 0 Å². The third-order valence-electron chi connectivity index (χ3n) is 3.57. The maximum atomic E-state index is 5.84. The minimum atomic E-state index is 0.300. The van der Waals surface area contributed by atoms with Crippen molar-refractivity contribution in [2.24, 2.45) is 0 Å². The maximum absolute atomic E-state index is 5.84. The van der Waals surface area contributed by atoms with E-state index in [1.807, 2.05) is 0 Å². The van der Waals surface area contributed by atoms with Gasteiger partial charge in [-0.25, -0.2) is 0 Å². The quantitative estimate of drug-likeness (QED) is 0.450. The van der Waals surface area contributed by atoms with E-state index in [4.69, 9.17) is 4.74 Å². The monoisotopic (exact) mass is 321 g/mol. The second-order valence-electron chi connectivity index (χ2n) is 4.88. The smallest absolute Gasteiger partial charge is 0.106 e. The zero-order valence-electron chi connectivity index (χ0n) is 9.47. The second kappa shape index (κ2) is 4.72. The van der Waals surface area contributed by atoms with Crippen LogP contribution in [-0.4, -0.2) is 34.2 Å². The van der Waals surface area contributed by atoms with Crippen molar-refractivity contribution >= 4 is 22.6 Å². The summed E-state index contributed by atoms with van der Waals surface area (Å²) in [6, 6.07) is 0. The molecule has 0 saturated carbocycles. The predicted octanol–water partition coefficient (Wildman–Crippen LogP) is 2.97. The molecule has 2 nitrogen and oxygen atoms in total. The Morgan fingerprint density at radius 3 is 3.13 bits per heavy atom. The maximum Gasteiger partial charge on any atom is 0.106 e. The van der Waals surface area contributed by atoms with Gasteiger partial charge < -0.3 is 4.74 Å². The van der Waals surface area contributed by atoms with Crippen LogP contribution in [0.25, 0.3) is 0 Å². The molecule has 1 unspecified atom stereocenters. The van der Waals surface area contributed by atoms with Gasteiger partial charge in [0.2, 0.25) is 0 Å². The molecule has 0 amide bonds. The van der Waals surface area contributed by atoms with Crippen LogP contribution in [0.1, 0.15) is 32.6 Å². The largest absolute Gasteiger partial charge is 0.366 e. The molecule has 0 aromatic rings. The molecule has 0 aromatic heterocycles. The third kappa shape index (κ3) is 2.56. The second-order valence-corrected chi connectivity index (χ2v) is 6.64. The Bertz CT molecular complexity index is 254. The Morgan fingerprint density at radius 1 is 1.60 bits per heavy atom. The van der Waals surface area contributed by atoms with Gasteiger partial charge >= 0.3 is 0 Å². The first-order chi connectivity index (χ1) is 7.12. The Balaban J connectivity index is 2.04. The van der Waals surface area contributed by atoms with Crippen LogP contribution < -0.4 is 0 Å². The molecule has 0 spiro atoms. The fourth-order valence-corrected chi connectivity index (χ4v) is 3.05. The van der Waals surface area contributed by atoms with Gasteiger partial charge in [0, 0.05) is 12.1 Å². The molecule has 0 bridgehead atoms. The predicted molar refractivity (Wildman–Crippen MR) is 71.3 cm³/mol. The number of halogens is 1. The van der Waals surface area contributed by atoms with Gasteiger partial charge in [0.25, 0.3) is 0 Å². The van der Waals surface area contributed by atoms with Crippen LogP contribution in [0, 0.1) is 0 Å². The lowest BCUT2D eigenvalue weighted by Crippen LogP contribution is -2.50. The van der Waals surface area contributed by atoms with Gasteiger partial charge in [-0.3, -0.25) is 4.90 Å². The Labute approximate surface area is 106 Å². The van der Waals surface area contributed by atoms with Crippen LogP contribution in [0.2, 0.25) is 0 Å². The first kappa shape index (κ1) is 11.9. The number of nitrogens with zero attached hydrogens (tertiary/aromatic N) is 1. The van der Waals surface area contributed by atoms with E-state index in [1.54, 1.807) is 0 Å². The average molecular weight is 321 g/mol. The van der Waals surface area contributed by atoms with Crippen LogP contribution in [-0.2, 0) is 4.74 Å². The number of alkyl halides is 1. The number of hydrogen-bond donors (Lipinski definition) is 0. The summed E-state index contributed by atoms with van der Waals surface area (Å²) in [6.45, 7) is 9.47. The minimum Gasteiger partial charge on any atom is -0.366 e. The Kier molecular flexibility index (Phi) is 3.73. The van der Waals surface area contributed by atoms with Gasteiger partial charge in [-0.1, -0.05) is 41.2 Å². The summed E-state index contributed by atoms with van der Waals surface area (Å²) in [6.07, 6.45) is 5.13. The molecule has 0 aliphatic carbocycles. The van der Waals surface area contributed by atoms with Crippen molar-refractivity contribution in [3.63, 3.8) is 0 Å². The first-order valence-corrected chi connectivity index (χ1v) is 7.04. The van der Waals surface area contributed by atoms with E-state index in [1.165, 1.54) is 31.4 Å². The summed E-state index contributed by atoms with van der Waals surface area (Å²) in [7, 11) is 0. The molecule has 2 aliphatic rings. The molecule has 2 atom stereocenters. The molecule has 2 saturated heterocycles. The van der Waals surface area contributed by atoms with Crippen LogP contribution in [0.5, 0.6) is 0 Å². The summed E-state index contributed by atoms with van der Waals surface area (Å²) in [5, 5.41) is 0. The van der Waals surface area contributed by atoms with Gasteiger partial charge in [0.05, 0.1) is 6.61 Å². The van der Waals surface area contributed by atoms with Gasteiger partial charge in [0.15, 0.2) is 0 Å². The standard InChI is InChI=1S/C12H20INO/c1-10-7-12(9-15-11(2)13)5-3-4-6-14(12)8-10/h11H,1,3-9H2,2H3/t11-,12?/m0/s1. The molecular weight excluding hydrogens is 301 g/mol. The molecule has 15 heavy (non-hydrogen) atoms.